The lowest BCUT2D eigenvalue weighted by Gasteiger charge is -2.32. The van der Waals surface area contributed by atoms with E-state index in [0.717, 1.165) is 0 Å². The molecular weight excluding hydrogens is 550 g/mol. The number of hydrogen-bond donors (Lipinski definition) is 2. The van der Waals surface area contributed by atoms with Gasteiger partial charge in [-0.15, -0.1) is 24.0 Å². The maximum atomic E-state index is 12.6. The highest BCUT2D eigenvalue weighted by atomic mass is 127. The van der Waals surface area contributed by atoms with Crippen molar-refractivity contribution in [3.8, 4) is 0 Å². The van der Waals surface area contributed by atoms with Crippen LogP contribution in [0.1, 0.15) is 26.2 Å². The zero-order chi connectivity index (χ0) is 21.0. The molecule has 15 heteroatoms. The maximum absolute atomic E-state index is 12.6. The molecule has 0 aromatic rings. The summed E-state index contributed by atoms with van der Waals surface area (Å²) in [6, 6.07) is -0.229. The summed E-state index contributed by atoms with van der Waals surface area (Å²) in [6.07, 6.45) is 1.02. The van der Waals surface area contributed by atoms with Gasteiger partial charge in [0.25, 0.3) is 0 Å². The molecule has 2 fully saturated rings. The molecule has 0 aromatic heterocycles. The molecule has 0 aliphatic carbocycles. The van der Waals surface area contributed by atoms with Gasteiger partial charge in [-0.3, -0.25) is 4.99 Å². The van der Waals surface area contributed by atoms with E-state index in [1.165, 1.54) is 4.31 Å². The molecule has 172 valence electrons. The summed E-state index contributed by atoms with van der Waals surface area (Å²) in [5.41, 5.74) is -5.29. The second-order valence-electron chi connectivity index (χ2n) is 6.60. The monoisotopic (exact) mass is 577 g/mol. The van der Waals surface area contributed by atoms with Crippen molar-refractivity contribution in [1.82, 2.24) is 19.2 Å². The number of nitrogens with one attached hydrogen (secondary N) is 2. The predicted octanol–water partition coefficient (Wildman–Crippen LogP) is 0.509. The number of sulfonamides is 2. The standard InChI is InChI=1S/C14H26F3N5O4S2.HI/c1-2-18-13(19-6-10-21-7-3-11-27(21,23)24)20-12-4-8-22(9-5-12)28(25,26)14(15,16)17;/h12H,2-11H2,1H3,(H2,18,19,20);1H. The highest BCUT2D eigenvalue weighted by molar-refractivity contribution is 14.0. The first kappa shape index (κ1) is 26.6. The number of alkyl halides is 3. The fourth-order valence-corrected chi connectivity index (χ4v) is 5.62. The van der Waals surface area contributed by atoms with E-state index < -0.39 is 25.6 Å². The molecule has 0 atom stereocenters. The number of hydrogen-bond acceptors (Lipinski definition) is 5. The van der Waals surface area contributed by atoms with Crippen LogP contribution in [-0.2, 0) is 20.0 Å². The Morgan fingerprint density at radius 1 is 1.21 bits per heavy atom. The highest BCUT2D eigenvalue weighted by Crippen LogP contribution is 2.28. The van der Waals surface area contributed by atoms with Gasteiger partial charge in [0.05, 0.1) is 12.3 Å². The van der Waals surface area contributed by atoms with Crippen LogP contribution in [0.2, 0.25) is 0 Å². The van der Waals surface area contributed by atoms with Crippen molar-refractivity contribution >= 4 is 50.0 Å². The predicted molar refractivity (Wildman–Crippen MR) is 114 cm³/mol. The number of nitrogens with zero attached hydrogens (tertiary/aromatic N) is 3. The highest BCUT2D eigenvalue weighted by Gasteiger charge is 2.50. The molecule has 2 saturated heterocycles. The fraction of sp³-hybridized carbons (Fsp3) is 0.929. The van der Waals surface area contributed by atoms with Gasteiger partial charge in [0.1, 0.15) is 0 Å². The van der Waals surface area contributed by atoms with Crippen molar-refractivity contribution in [1.29, 1.82) is 0 Å². The summed E-state index contributed by atoms with van der Waals surface area (Å²) >= 11 is 0. The van der Waals surface area contributed by atoms with Crippen molar-refractivity contribution in [3.05, 3.63) is 0 Å². The molecule has 0 spiro atoms. The molecule has 2 heterocycles. The third-order valence-electron chi connectivity index (χ3n) is 4.59. The summed E-state index contributed by atoms with van der Waals surface area (Å²) in [6.45, 7) is 2.93. The zero-order valence-electron chi connectivity index (χ0n) is 16.0. The molecule has 2 N–H and O–H groups in total. The first-order valence-electron chi connectivity index (χ1n) is 9.06. The molecule has 0 radical (unpaired) electrons. The van der Waals surface area contributed by atoms with Gasteiger partial charge in [0.2, 0.25) is 10.0 Å². The van der Waals surface area contributed by atoms with Gasteiger partial charge < -0.3 is 10.6 Å². The molecule has 0 amide bonds. The van der Waals surface area contributed by atoms with E-state index in [2.05, 4.69) is 15.6 Å². The first-order valence-corrected chi connectivity index (χ1v) is 12.1. The average Bonchev–Trinajstić information content (AvgIpc) is 2.93. The largest absolute Gasteiger partial charge is 0.511 e. The van der Waals surface area contributed by atoms with Crippen molar-refractivity contribution in [2.75, 3.05) is 45.0 Å². The van der Waals surface area contributed by atoms with Crippen LogP contribution in [0.4, 0.5) is 13.2 Å². The van der Waals surface area contributed by atoms with Gasteiger partial charge in [-0.25, -0.2) is 21.1 Å². The average molecular weight is 577 g/mol. The van der Waals surface area contributed by atoms with Crippen LogP contribution in [0.5, 0.6) is 0 Å². The minimum atomic E-state index is -5.30. The molecule has 2 aliphatic heterocycles. The van der Waals surface area contributed by atoms with E-state index >= 15 is 0 Å². The Morgan fingerprint density at radius 2 is 1.83 bits per heavy atom. The molecule has 0 saturated carbocycles. The molecule has 29 heavy (non-hydrogen) atoms. The van der Waals surface area contributed by atoms with Crippen LogP contribution < -0.4 is 10.6 Å². The van der Waals surface area contributed by atoms with Gasteiger partial charge in [-0.1, -0.05) is 0 Å². The van der Waals surface area contributed by atoms with Crippen LogP contribution in [0.25, 0.3) is 0 Å². The number of aliphatic imine (C=N–C) groups is 1. The normalized spacial score (nSPS) is 22.3. The van der Waals surface area contributed by atoms with Crippen molar-refractivity contribution in [2.24, 2.45) is 4.99 Å². The molecule has 9 nitrogen and oxygen atoms in total. The molecule has 2 rings (SSSR count). The Labute approximate surface area is 186 Å². The minimum absolute atomic E-state index is 0. The Hall–Kier alpha value is -0.390. The topological polar surface area (TPSA) is 111 Å². The van der Waals surface area contributed by atoms with Crippen LogP contribution in [0.15, 0.2) is 4.99 Å². The first-order chi connectivity index (χ1) is 13.0. The zero-order valence-corrected chi connectivity index (χ0v) is 19.9. The summed E-state index contributed by atoms with van der Waals surface area (Å²) in [4.78, 5) is 4.32. The summed E-state index contributed by atoms with van der Waals surface area (Å²) < 4.78 is 86.2. The van der Waals surface area contributed by atoms with E-state index in [0.29, 0.717) is 29.8 Å². The van der Waals surface area contributed by atoms with Gasteiger partial charge >= 0.3 is 15.5 Å². The van der Waals surface area contributed by atoms with E-state index in [1.54, 1.807) is 0 Å². The van der Waals surface area contributed by atoms with Gasteiger partial charge in [0.15, 0.2) is 5.96 Å². The maximum Gasteiger partial charge on any atom is 0.511 e. The van der Waals surface area contributed by atoms with Crippen molar-refractivity contribution in [2.45, 2.75) is 37.7 Å². The third kappa shape index (κ3) is 7.07. The van der Waals surface area contributed by atoms with Crippen molar-refractivity contribution < 1.29 is 30.0 Å². The molecule has 0 unspecified atom stereocenters. The Morgan fingerprint density at radius 3 is 2.31 bits per heavy atom. The SMILES string of the molecule is CCNC(=NCCN1CCCS1(=O)=O)NC1CCN(S(=O)(=O)C(F)(F)F)CC1.I. The smallest absolute Gasteiger partial charge is 0.357 e. The lowest BCUT2D eigenvalue weighted by atomic mass is 10.1. The lowest BCUT2D eigenvalue weighted by Crippen LogP contribution is -2.51. The lowest BCUT2D eigenvalue weighted by molar-refractivity contribution is -0.0494. The summed E-state index contributed by atoms with van der Waals surface area (Å²) in [5, 5.41) is 6.08. The molecule has 2 aliphatic rings. The molecular formula is C14H27F3IN5O4S2. The molecule has 0 bridgehead atoms. The Balaban J connectivity index is 0.00000420. The quantitative estimate of drug-likeness (QED) is 0.271. The Bertz CT molecular complexity index is 769. The van der Waals surface area contributed by atoms with Gasteiger partial charge in [-0.05, 0) is 26.2 Å². The summed E-state index contributed by atoms with van der Waals surface area (Å²) in [5.74, 6) is 0.574. The minimum Gasteiger partial charge on any atom is -0.357 e. The molecule has 0 aromatic carbocycles. The van der Waals surface area contributed by atoms with E-state index in [9.17, 15) is 30.0 Å². The van der Waals surface area contributed by atoms with E-state index in [-0.39, 0.29) is 74.8 Å². The number of halogens is 4. The fourth-order valence-electron chi connectivity index (χ4n) is 3.12. The number of piperidine rings is 1. The van der Waals surface area contributed by atoms with E-state index in [4.69, 9.17) is 0 Å². The van der Waals surface area contributed by atoms with Gasteiger partial charge in [0, 0.05) is 38.8 Å². The number of guanidine groups is 1. The second kappa shape index (κ2) is 10.8. The van der Waals surface area contributed by atoms with Crippen LogP contribution in [-0.4, -0.2) is 88.0 Å². The van der Waals surface area contributed by atoms with Crippen LogP contribution in [0.3, 0.4) is 0 Å². The van der Waals surface area contributed by atoms with Crippen molar-refractivity contribution in [3.63, 3.8) is 0 Å². The van der Waals surface area contributed by atoms with Crippen LogP contribution in [0, 0.1) is 0 Å². The summed E-state index contributed by atoms with van der Waals surface area (Å²) in [7, 11) is -8.49. The third-order valence-corrected chi connectivity index (χ3v) is 8.18. The second-order valence-corrected chi connectivity index (χ2v) is 10.6. The van der Waals surface area contributed by atoms with E-state index in [1.807, 2.05) is 6.92 Å². The Kier molecular flexibility index (Phi) is 9.89. The number of rotatable bonds is 6. The van der Waals surface area contributed by atoms with Gasteiger partial charge in [-0.2, -0.15) is 17.5 Å². The van der Waals surface area contributed by atoms with Crippen LogP contribution >= 0.6 is 24.0 Å².